The van der Waals surface area contributed by atoms with E-state index in [4.69, 9.17) is 4.52 Å². The lowest BCUT2D eigenvalue weighted by molar-refractivity contribution is -0.122. The van der Waals surface area contributed by atoms with E-state index in [0.717, 1.165) is 34.5 Å². The Labute approximate surface area is 166 Å². The lowest BCUT2D eigenvalue weighted by Crippen LogP contribution is -2.23. The van der Waals surface area contributed by atoms with Crippen LogP contribution in [0.15, 0.2) is 47.1 Å². The Balaban J connectivity index is 1.21. The number of nitrogens with one attached hydrogen (secondary N) is 2. The lowest BCUT2D eigenvalue weighted by atomic mass is 10.1. The van der Waals surface area contributed by atoms with Gasteiger partial charge in [0.1, 0.15) is 0 Å². The molecule has 3 heterocycles. The molecule has 1 aliphatic carbocycles. The molecule has 1 aliphatic rings. The number of thiophene rings is 1. The summed E-state index contributed by atoms with van der Waals surface area (Å²) in [6, 6.07) is 12.3. The van der Waals surface area contributed by atoms with Crippen LogP contribution >= 0.6 is 11.3 Å². The van der Waals surface area contributed by atoms with E-state index in [1.165, 1.54) is 10.9 Å². The van der Waals surface area contributed by atoms with E-state index < -0.39 is 0 Å². The fourth-order valence-corrected chi connectivity index (χ4v) is 4.17. The quantitative estimate of drug-likeness (QED) is 0.496. The van der Waals surface area contributed by atoms with E-state index in [2.05, 4.69) is 32.6 Å². The van der Waals surface area contributed by atoms with Crippen molar-refractivity contribution in [2.75, 3.05) is 0 Å². The van der Waals surface area contributed by atoms with Gasteiger partial charge in [-0.2, -0.15) is 4.98 Å². The molecule has 0 aliphatic heterocycles. The number of benzene rings is 1. The maximum absolute atomic E-state index is 11.8. The van der Waals surface area contributed by atoms with Crippen LogP contribution in [0.2, 0.25) is 0 Å². The predicted molar refractivity (Wildman–Crippen MR) is 108 cm³/mol. The van der Waals surface area contributed by atoms with Crippen LogP contribution in [0.25, 0.3) is 21.6 Å². The van der Waals surface area contributed by atoms with E-state index in [9.17, 15) is 4.79 Å². The smallest absolute Gasteiger partial charge is 0.227 e. The molecule has 1 saturated carbocycles. The first-order valence-corrected chi connectivity index (χ1v) is 10.3. The van der Waals surface area contributed by atoms with Gasteiger partial charge in [0, 0.05) is 34.3 Å². The van der Waals surface area contributed by atoms with Gasteiger partial charge >= 0.3 is 0 Å². The third kappa shape index (κ3) is 3.57. The molecule has 142 valence electrons. The molecule has 7 heteroatoms. The lowest BCUT2D eigenvalue weighted by Gasteiger charge is -2.00. The molecule has 0 atom stereocenters. The molecule has 6 nitrogen and oxygen atoms in total. The third-order valence-corrected chi connectivity index (χ3v) is 6.10. The summed E-state index contributed by atoms with van der Waals surface area (Å²) in [5.74, 6) is 1.64. The number of aryl methyl sites for hydroxylation is 2. The van der Waals surface area contributed by atoms with Gasteiger partial charge < -0.3 is 14.8 Å². The maximum atomic E-state index is 11.8. The molecular formula is C21H20N4O2S. The molecule has 0 bridgehead atoms. The normalized spacial score (nSPS) is 13.9. The van der Waals surface area contributed by atoms with Crippen molar-refractivity contribution in [2.24, 2.45) is 5.92 Å². The number of fused-ring (bicyclic) bond motifs is 1. The second-order valence-electron chi connectivity index (χ2n) is 7.13. The number of nitrogens with zero attached hydrogens (tertiary/aromatic N) is 2. The highest BCUT2D eigenvalue weighted by Gasteiger charge is 2.29. The van der Waals surface area contributed by atoms with E-state index >= 15 is 0 Å². The Bertz CT molecular complexity index is 1120. The zero-order chi connectivity index (χ0) is 18.9. The molecule has 28 heavy (non-hydrogen) atoms. The van der Waals surface area contributed by atoms with Crippen molar-refractivity contribution in [3.8, 4) is 10.7 Å². The van der Waals surface area contributed by atoms with Gasteiger partial charge in [-0.1, -0.05) is 23.4 Å². The summed E-state index contributed by atoms with van der Waals surface area (Å²) in [5, 5.41) is 8.34. The van der Waals surface area contributed by atoms with Crippen molar-refractivity contribution < 1.29 is 9.32 Å². The molecule has 5 rings (SSSR count). The molecule has 0 radical (unpaired) electrons. The monoisotopic (exact) mass is 392 g/mol. The number of aromatic amines is 1. The highest BCUT2D eigenvalue weighted by atomic mass is 32.1. The summed E-state index contributed by atoms with van der Waals surface area (Å²) >= 11 is 1.59. The van der Waals surface area contributed by atoms with E-state index in [0.29, 0.717) is 24.7 Å². The topological polar surface area (TPSA) is 83.8 Å². The molecule has 3 aromatic heterocycles. The van der Waals surface area contributed by atoms with Gasteiger partial charge in [-0.25, -0.2) is 0 Å². The summed E-state index contributed by atoms with van der Waals surface area (Å²) in [7, 11) is 0. The van der Waals surface area contributed by atoms with E-state index in [-0.39, 0.29) is 11.8 Å². The van der Waals surface area contributed by atoms with E-state index in [1.54, 1.807) is 11.3 Å². The number of amides is 1. The van der Waals surface area contributed by atoms with Crippen molar-refractivity contribution >= 4 is 28.1 Å². The van der Waals surface area contributed by atoms with Crippen molar-refractivity contribution in [1.29, 1.82) is 0 Å². The minimum Gasteiger partial charge on any atom is -0.361 e. The third-order valence-electron chi connectivity index (χ3n) is 5.02. The number of carbonyl (C=O) groups excluding carboxylic acids is 1. The Morgan fingerprint density at radius 1 is 1.21 bits per heavy atom. The SMILES string of the molecule is O=C(NCc1ccc(-c2noc(CCc3c[nH]c4ccccc34)n2)s1)C1CC1. The van der Waals surface area contributed by atoms with Crippen LogP contribution < -0.4 is 5.32 Å². The van der Waals surface area contributed by atoms with Crippen LogP contribution in [0.5, 0.6) is 0 Å². The van der Waals surface area contributed by atoms with Gasteiger partial charge in [-0.05, 0) is 43.0 Å². The van der Waals surface area contributed by atoms with Crippen LogP contribution in [-0.2, 0) is 24.2 Å². The molecular weight excluding hydrogens is 372 g/mol. The van der Waals surface area contributed by atoms with Crippen LogP contribution in [0.4, 0.5) is 0 Å². The molecule has 0 spiro atoms. The zero-order valence-electron chi connectivity index (χ0n) is 15.3. The highest BCUT2D eigenvalue weighted by Crippen LogP contribution is 2.30. The van der Waals surface area contributed by atoms with Crippen molar-refractivity contribution in [3.63, 3.8) is 0 Å². The fraction of sp³-hybridized carbons (Fsp3) is 0.286. The summed E-state index contributed by atoms with van der Waals surface area (Å²) in [6.07, 6.45) is 5.62. The molecule has 1 fully saturated rings. The van der Waals surface area contributed by atoms with Gasteiger partial charge in [0.15, 0.2) is 0 Å². The molecule has 0 unspecified atom stereocenters. The van der Waals surface area contributed by atoms with E-state index in [1.807, 2.05) is 30.5 Å². The number of rotatable bonds is 7. The Morgan fingerprint density at radius 2 is 2.11 bits per heavy atom. The Kier molecular flexibility index (Phi) is 4.44. The van der Waals surface area contributed by atoms with Crippen molar-refractivity contribution in [2.45, 2.75) is 32.2 Å². The van der Waals surface area contributed by atoms with Crippen molar-refractivity contribution in [3.05, 3.63) is 58.9 Å². The maximum Gasteiger partial charge on any atom is 0.227 e. The van der Waals surface area contributed by atoms with Gasteiger partial charge in [-0.3, -0.25) is 4.79 Å². The van der Waals surface area contributed by atoms with Gasteiger partial charge in [0.05, 0.1) is 11.4 Å². The van der Waals surface area contributed by atoms with Crippen LogP contribution in [0.3, 0.4) is 0 Å². The van der Waals surface area contributed by atoms with Crippen LogP contribution in [0.1, 0.15) is 29.2 Å². The zero-order valence-corrected chi connectivity index (χ0v) is 16.1. The minimum absolute atomic E-state index is 0.161. The van der Waals surface area contributed by atoms with Crippen LogP contribution in [-0.4, -0.2) is 21.0 Å². The van der Waals surface area contributed by atoms with Crippen LogP contribution in [0, 0.1) is 5.92 Å². The summed E-state index contributed by atoms with van der Waals surface area (Å²) in [6.45, 7) is 0.561. The summed E-state index contributed by atoms with van der Waals surface area (Å²) < 4.78 is 5.44. The largest absolute Gasteiger partial charge is 0.361 e. The summed E-state index contributed by atoms with van der Waals surface area (Å²) in [5.41, 5.74) is 2.39. The second kappa shape index (κ2) is 7.24. The Hall–Kier alpha value is -2.93. The molecule has 0 saturated heterocycles. The van der Waals surface area contributed by atoms with Crippen molar-refractivity contribution in [1.82, 2.24) is 20.4 Å². The first-order valence-electron chi connectivity index (χ1n) is 9.50. The number of carbonyl (C=O) groups is 1. The molecule has 1 amide bonds. The molecule has 4 aromatic rings. The first kappa shape index (κ1) is 17.2. The second-order valence-corrected chi connectivity index (χ2v) is 8.30. The predicted octanol–water partition coefficient (Wildman–Crippen LogP) is 4.09. The standard InChI is InChI=1S/C21H20N4O2S/c26-21(13-5-6-13)23-12-15-8-9-18(28-15)20-24-19(27-25-20)10-7-14-11-22-17-4-2-1-3-16(14)17/h1-4,8-9,11,13,22H,5-7,10,12H2,(H,23,26). The number of H-pyrrole nitrogens is 1. The van der Waals surface area contributed by atoms with Gasteiger partial charge in [0.25, 0.3) is 0 Å². The first-order chi connectivity index (χ1) is 13.8. The number of para-hydroxylation sites is 1. The summed E-state index contributed by atoms with van der Waals surface area (Å²) in [4.78, 5) is 21.6. The minimum atomic E-state index is 0.161. The number of aromatic nitrogens is 3. The van der Waals surface area contributed by atoms with Gasteiger partial charge in [-0.15, -0.1) is 11.3 Å². The average molecular weight is 392 g/mol. The number of hydrogen-bond donors (Lipinski definition) is 2. The number of hydrogen-bond acceptors (Lipinski definition) is 5. The average Bonchev–Trinajstić information content (AvgIpc) is 3.12. The highest BCUT2D eigenvalue weighted by molar-refractivity contribution is 7.15. The molecule has 2 N–H and O–H groups in total. The molecule has 1 aromatic carbocycles. The Morgan fingerprint density at radius 3 is 3.00 bits per heavy atom. The fourth-order valence-electron chi connectivity index (χ4n) is 3.29. The van der Waals surface area contributed by atoms with Gasteiger partial charge in [0.2, 0.25) is 17.6 Å².